The van der Waals surface area contributed by atoms with Gasteiger partial charge in [-0.1, -0.05) is 36.8 Å². The van der Waals surface area contributed by atoms with Crippen molar-refractivity contribution in [2.24, 2.45) is 0 Å². The van der Waals surface area contributed by atoms with E-state index in [0.29, 0.717) is 17.0 Å². The summed E-state index contributed by atoms with van der Waals surface area (Å²) in [4.78, 5) is 37.3. The maximum atomic E-state index is 12.8. The topological polar surface area (TPSA) is 76.2 Å². The van der Waals surface area contributed by atoms with Gasteiger partial charge >= 0.3 is 12.2 Å². The SMILES string of the molecule is CC[C@]1(c2cccc(C)c2)C(=O)N(C(=O)OC)N1C(=O)OC(C)C. The third kappa shape index (κ3) is 2.60. The summed E-state index contributed by atoms with van der Waals surface area (Å²) in [5.41, 5.74) is 0.310. The number of imide groups is 1. The molecule has 1 saturated heterocycles. The van der Waals surface area contributed by atoms with Crippen LogP contribution in [-0.4, -0.2) is 41.3 Å². The third-order valence-corrected chi connectivity index (χ3v) is 3.97. The highest BCUT2D eigenvalue weighted by Crippen LogP contribution is 2.44. The van der Waals surface area contributed by atoms with E-state index >= 15 is 0 Å². The second kappa shape index (κ2) is 6.51. The molecule has 7 heteroatoms. The van der Waals surface area contributed by atoms with Crippen molar-refractivity contribution >= 4 is 18.1 Å². The van der Waals surface area contributed by atoms with Crippen molar-refractivity contribution in [1.82, 2.24) is 10.0 Å². The van der Waals surface area contributed by atoms with E-state index in [9.17, 15) is 14.4 Å². The van der Waals surface area contributed by atoms with Gasteiger partial charge in [0, 0.05) is 0 Å². The zero-order valence-electron chi connectivity index (χ0n) is 14.5. The summed E-state index contributed by atoms with van der Waals surface area (Å²) < 4.78 is 9.85. The molecule has 0 radical (unpaired) electrons. The van der Waals surface area contributed by atoms with Crippen LogP contribution in [0, 0.1) is 6.92 Å². The van der Waals surface area contributed by atoms with Crippen molar-refractivity contribution in [2.45, 2.75) is 45.8 Å². The van der Waals surface area contributed by atoms with Crippen molar-refractivity contribution in [3.8, 4) is 0 Å². The minimum absolute atomic E-state index is 0.302. The summed E-state index contributed by atoms with van der Waals surface area (Å²) in [5.74, 6) is -0.511. The number of benzene rings is 1. The van der Waals surface area contributed by atoms with Crippen LogP contribution in [0.25, 0.3) is 0 Å². The van der Waals surface area contributed by atoms with Gasteiger partial charge < -0.3 is 9.47 Å². The first kappa shape index (κ1) is 17.8. The first-order chi connectivity index (χ1) is 11.3. The molecule has 0 aromatic heterocycles. The molecule has 1 atom stereocenters. The smallest absolute Gasteiger partial charge is 0.436 e. The van der Waals surface area contributed by atoms with Crippen LogP contribution in [0.1, 0.15) is 38.3 Å². The number of rotatable bonds is 3. The van der Waals surface area contributed by atoms with Crippen molar-refractivity contribution in [2.75, 3.05) is 7.11 Å². The summed E-state index contributed by atoms with van der Waals surface area (Å²) >= 11 is 0. The molecule has 1 fully saturated rings. The molecule has 1 aromatic carbocycles. The molecule has 24 heavy (non-hydrogen) atoms. The summed E-state index contributed by atoms with van der Waals surface area (Å²) in [6, 6.07) is 7.29. The van der Waals surface area contributed by atoms with Crippen molar-refractivity contribution in [3.05, 3.63) is 35.4 Å². The molecule has 0 N–H and O–H groups in total. The van der Waals surface area contributed by atoms with Crippen LogP contribution >= 0.6 is 0 Å². The Morgan fingerprint density at radius 1 is 1.25 bits per heavy atom. The Hall–Kier alpha value is -2.57. The molecular weight excluding hydrogens is 312 g/mol. The first-order valence-corrected chi connectivity index (χ1v) is 7.80. The first-order valence-electron chi connectivity index (χ1n) is 7.80. The van der Waals surface area contributed by atoms with Gasteiger partial charge in [0.1, 0.15) is 0 Å². The monoisotopic (exact) mass is 334 g/mol. The number of aryl methyl sites for hydroxylation is 1. The maximum absolute atomic E-state index is 12.8. The Balaban J connectivity index is 2.53. The van der Waals surface area contributed by atoms with Crippen LogP contribution in [0.5, 0.6) is 0 Å². The summed E-state index contributed by atoms with van der Waals surface area (Å²) in [5, 5.41) is 1.74. The normalized spacial score (nSPS) is 20.0. The van der Waals surface area contributed by atoms with Gasteiger partial charge in [-0.25, -0.2) is 9.59 Å². The molecule has 0 spiro atoms. The van der Waals surface area contributed by atoms with Crippen molar-refractivity contribution in [3.63, 3.8) is 0 Å². The van der Waals surface area contributed by atoms with Gasteiger partial charge in [-0.05, 0) is 32.8 Å². The van der Waals surface area contributed by atoms with Gasteiger partial charge in [-0.2, -0.15) is 5.01 Å². The molecule has 0 aliphatic carbocycles. The van der Waals surface area contributed by atoms with Gasteiger partial charge in [0.05, 0.1) is 13.2 Å². The van der Waals surface area contributed by atoms with E-state index in [4.69, 9.17) is 4.74 Å². The molecular formula is C17H22N2O5. The summed E-state index contributed by atoms with van der Waals surface area (Å²) in [6.45, 7) is 7.07. The van der Waals surface area contributed by atoms with Crippen LogP contribution in [-0.2, 0) is 19.8 Å². The average Bonchev–Trinajstić information content (AvgIpc) is 2.52. The predicted octanol–water partition coefficient (Wildman–Crippen LogP) is 2.97. The quantitative estimate of drug-likeness (QED) is 0.849. The fraction of sp³-hybridized carbons (Fsp3) is 0.471. The van der Waals surface area contributed by atoms with Gasteiger partial charge in [-0.3, -0.25) is 4.79 Å². The average molecular weight is 334 g/mol. The van der Waals surface area contributed by atoms with E-state index in [2.05, 4.69) is 4.74 Å². The lowest BCUT2D eigenvalue weighted by molar-refractivity contribution is -0.203. The number of carbonyl (C=O) groups excluding carboxylic acids is 3. The predicted molar refractivity (Wildman–Crippen MR) is 85.9 cm³/mol. The molecule has 7 nitrogen and oxygen atoms in total. The van der Waals surface area contributed by atoms with Crippen molar-refractivity contribution in [1.29, 1.82) is 0 Å². The number of carbonyl (C=O) groups is 3. The van der Waals surface area contributed by atoms with E-state index in [1.807, 2.05) is 25.1 Å². The van der Waals surface area contributed by atoms with Gasteiger partial charge in [0.15, 0.2) is 5.54 Å². The van der Waals surface area contributed by atoms with Crippen molar-refractivity contribution < 1.29 is 23.9 Å². The van der Waals surface area contributed by atoms with E-state index < -0.39 is 23.6 Å². The largest absolute Gasteiger partial charge is 0.451 e. The van der Waals surface area contributed by atoms with E-state index in [1.54, 1.807) is 26.8 Å². The summed E-state index contributed by atoms with van der Waals surface area (Å²) in [7, 11) is 1.15. The zero-order chi connectivity index (χ0) is 18.1. The third-order valence-electron chi connectivity index (χ3n) is 3.97. The van der Waals surface area contributed by atoms with E-state index in [0.717, 1.165) is 17.7 Å². The second-order valence-electron chi connectivity index (χ2n) is 5.91. The Morgan fingerprint density at radius 2 is 1.92 bits per heavy atom. The number of nitrogens with zero attached hydrogens (tertiary/aromatic N) is 2. The highest BCUT2D eigenvalue weighted by Gasteiger charge is 2.65. The molecule has 3 amide bonds. The fourth-order valence-electron chi connectivity index (χ4n) is 2.88. The molecule has 2 rings (SSSR count). The van der Waals surface area contributed by atoms with Crippen LogP contribution in [0.15, 0.2) is 24.3 Å². The molecule has 1 aromatic rings. The number of amides is 3. The number of hydrogen-bond donors (Lipinski definition) is 0. The molecule has 0 bridgehead atoms. The van der Waals surface area contributed by atoms with Crippen LogP contribution in [0.3, 0.4) is 0 Å². The summed E-state index contributed by atoms with van der Waals surface area (Å²) in [6.07, 6.45) is -1.77. The Kier molecular flexibility index (Phi) is 4.82. The molecule has 130 valence electrons. The molecule has 1 aliphatic rings. The van der Waals surface area contributed by atoms with E-state index in [-0.39, 0.29) is 6.10 Å². The van der Waals surface area contributed by atoms with Gasteiger partial charge in [-0.15, -0.1) is 5.01 Å². The zero-order valence-corrected chi connectivity index (χ0v) is 14.5. The number of methoxy groups -OCH3 is 1. The minimum Gasteiger partial charge on any atom is -0.451 e. The standard InChI is InChI=1S/C17H22N2O5/c1-6-17(13-9-7-8-12(4)10-13)14(20)18(15(21)23-5)19(17)16(22)24-11(2)3/h7-11H,6H2,1-5H3/t17-/m0/s1. The minimum atomic E-state index is -1.27. The Bertz CT molecular complexity index is 673. The van der Waals surface area contributed by atoms with Crippen LogP contribution < -0.4 is 0 Å². The Morgan fingerprint density at radius 3 is 2.42 bits per heavy atom. The fourth-order valence-corrected chi connectivity index (χ4v) is 2.88. The number of ether oxygens (including phenoxy) is 2. The maximum Gasteiger partial charge on any atom is 0.436 e. The molecule has 0 unspecified atom stereocenters. The number of hydrogen-bond acceptors (Lipinski definition) is 5. The molecule has 1 heterocycles. The number of hydrazine groups is 1. The lowest BCUT2D eigenvalue weighted by atomic mass is 9.81. The lowest BCUT2D eigenvalue weighted by Gasteiger charge is -2.54. The highest BCUT2D eigenvalue weighted by atomic mass is 16.6. The van der Waals surface area contributed by atoms with Gasteiger partial charge in [0.2, 0.25) is 0 Å². The van der Waals surface area contributed by atoms with Gasteiger partial charge in [0.25, 0.3) is 5.91 Å². The Labute approximate surface area is 141 Å². The molecule has 1 aliphatic heterocycles. The van der Waals surface area contributed by atoms with Crippen LogP contribution in [0.2, 0.25) is 0 Å². The second-order valence-corrected chi connectivity index (χ2v) is 5.91. The lowest BCUT2D eigenvalue weighted by Crippen LogP contribution is -2.77. The van der Waals surface area contributed by atoms with Crippen LogP contribution in [0.4, 0.5) is 9.59 Å². The van der Waals surface area contributed by atoms with E-state index in [1.165, 1.54) is 0 Å². The molecule has 0 saturated carbocycles. The highest BCUT2D eigenvalue weighted by molar-refractivity contribution is 6.06.